The molecule has 3 amide bonds. The molecule has 30 heavy (non-hydrogen) atoms. The van der Waals surface area contributed by atoms with E-state index in [4.69, 9.17) is 5.14 Å². The number of hydrogen-bond acceptors (Lipinski definition) is 5. The molecule has 8 nitrogen and oxygen atoms in total. The van der Waals surface area contributed by atoms with E-state index in [-0.39, 0.29) is 35.0 Å². The Bertz CT molecular complexity index is 984. The third-order valence-electron chi connectivity index (χ3n) is 5.69. The fourth-order valence-electron chi connectivity index (χ4n) is 4.18. The maximum Gasteiger partial charge on any atom is 0.247 e. The van der Waals surface area contributed by atoms with Gasteiger partial charge in [-0.25, -0.2) is 13.6 Å². The van der Waals surface area contributed by atoms with Crippen molar-refractivity contribution in [2.45, 2.75) is 44.6 Å². The van der Waals surface area contributed by atoms with Crippen LogP contribution in [0.5, 0.6) is 0 Å². The average Bonchev–Trinajstić information content (AvgIpc) is 3.19. The molecule has 0 aromatic heterocycles. The summed E-state index contributed by atoms with van der Waals surface area (Å²) in [6.45, 7) is 5.63. The van der Waals surface area contributed by atoms with Gasteiger partial charge in [-0.05, 0) is 48.4 Å². The van der Waals surface area contributed by atoms with Gasteiger partial charge in [0.15, 0.2) is 0 Å². The molecule has 0 spiro atoms. The molecular formula is C21H27N3O5S. The lowest BCUT2D eigenvalue weighted by Gasteiger charge is -2.29. The van der Waals surface area contributed by atoms with Gasteiger partial charge in [0.1, 0.15) is 6.04 Å². The van der Waals surface area contributed by atoms with Crippen LogP contribution < -0.4 is 10.5 Å². The third-order valence-corrected chi connectivity index (χ3v) is 6.62. The molecule has 0 bridgehead atoms. The van der Waals surface area contributed by atoms with Crippen LogP contribution in [-0.4, -0.2) is 37.1 Å². The number of rotatable bonds is 6. The van der Waals surface area contributed by atoms with E-state index in [9.17, 15) is 22.8 Å². The molecular weight excluding hydrogens is 406 g/mol. The summed E-state index contributed by atoms with van der Waals surface area (Å²) in [6.07, 6.45) is 5.00. The highest BCUT2D eigenvalue weighted by molar-refractivity contribution is 7.89. The number of imide groups is 1. The lowest BCUT2D eigenvalue weighted by molar-refractivity contribution is -0.147. The first-order valence-electron chi connectivity index (χ1n) is 9.97. The number of sulfonamides is 1. The highest BCUT2D eigenvalue weighted by Crippen LogP contribution is 2.37. The van der Waals surface area contributed by atoms with Crippen LogP contribution >= 0.6 is 0 Å². The van der Waals surface area contributed by atoms with Gasteiger partial charge < -0.3 is 5.32 Å². The Morgan fingerprint density at radius 2 is 1.80 bits per heavy atom. The first kappa shape index (κ1) is 22.2. The van der Waals surface area contributed by atoms with Gasteiger partial charge in [0.25, 0.3) is 0 Å². The minimum atomic E-state index is -3.84. The molecule has 0 radical (unpaired) electrons. The molecule has 3 N–H and O–H groups in total. The molecule has 1 saturated heterocycles. The Hall–Kier alpha value is -2.52. The van der Waals surface area contributed by atoms with Crippen molar-refractivity contribution in [3.05, 3.63) is 36.4 Å². The number of allylic oxidation sites excluding steroid dienone is 2. The van der Waals surface area contributed by atoms with Gasteiger partial charge in [0.05, 0.1) is 10.8 Å². The van der Waals surface area contributed by atoms with Crippen LogP contribution in [0, 0.1) is 23.7 Å². The lowest BCUT2D eigenvalue weighted by atomic mass is 9.89. The van der Waals surface area contributed by atoms with Crippen LogP contribution in [0.4, 0.5) is 5.69 Å². The molecule has 4 atom stereocenters. The van der Waals surface area contributed by atoms with Crippen LogP contribution in [0.25, 0.3) is 0 Å². The van der Waals surface area contributed by atoms with E-state index in [0.29, 0.717) is 11.6 Å². The molecule has 1 aromatic rings. The maximum absolute atomic E-state index is 13.1. The summed E-state index contributed by atoms with van der Waals surface area (Å²) in [7, 11) is -3.84. The second kappa shape index (κ2) is 8.31. The Labute approximate surface area is 176 Å². The molecule has 162 valence electrons. The number of nitrogens with one attached hydrogen (secondary N) is 1. The summed E-state index contributed by atoms with van der Waals surface area (Å²) < 4.78 is 22.7. The van der Waals surface area contributed by atoms with E-state index < -0.39 is 27.9 Å². The van der Waals surface area contributed by atoms with Gasteiger partial charge >= 0.3 is 0 Å². The van der Waals surface area contributed by atoms with Gasteiger partial charge in [-0.2, -0.15) is 0 Å². The average molecular weight is 434 g/mol. The van der Waals surface area contributed by atoms with Gasteiger partial charge in [0, 0.05) is 12.1 Å². The van der Waals surface area contributed by atoms with Crippen LogP contribution in [0.2, 0.25) is 0 Å². The minimum absolute atomic E-state index is 0.0167. The zero-order valence-corrected chi connectivity index (χ0v) is 18.1. The first-order valence-corrected chi connectivity index (χ1v) is 11.5. The molecule has 3 rings (SSSR count). The number of benzene rings is 1. The van der Waals surface area contributed by atoms with E-state index in [1.165, 1.54) is 24.3 Å². The Balaban J connectivity index is 1.78. The highest BCUT2D eigenvalue weighted by atomic mass is 32.2. The van der Waals surface area contributed by atoms with Crippen molar-refractivity contribution in [3.63, 3.8) is 0 Å². The van der Waals surface area contributed by atoms with Gasteiger partial charge in [0.2, 0.25) is 27.7 Å². The fourth-order valence-corrected chi connectivity index (χ4v) is 4.70. The van der Waals surface area contributed by atoms with Crippen LogP contribution in [0.3, 0.4) is 0 Å². The van der Waals surface area contributed by atoms with Gasteiger partial charge in [-0.1, -0.05) is 32.9 Å². The van der Waals surface area contributed by atoms with Gasteiger partial charge in [-0.15, -0.1) is 0 Å². The predicted molar refractivity (Wildman–Crippen MR) is 111 cm³/mol. The van der Waals surface area contributed by atoms with Crippen molar-refractivity contribution in [3.8, 4) is 0 Å². The molecule has 1 fully saturated rings. The van der Waals surface area contributed by atoms with Crippen molar-refractivity contribution in [2.75, 3.05) is 5.32 Å². The van der Waals surface area contributed by atoms with Crippen molar-refractivity contribution in [1.29, 1.82) is 0 Å². The topological polar surface area (TPSA) is 127 Å². The van der Waals surface area contributed by atoms with Crippen LogP contribution in [0.1, 0.15) is 33.6 Å². The Morgan fingerprint density at radius 3 is 2.30 bits per heavy atom. The number of carbonyl (C=O) groups is 3. The highest BCUT2D eigenvalue weighted by Gasteiger charge is 2.48. The van der Waals surface area contributed by atoms with E-state index in [1.54, 1.807) is 13.8 Å². The standard InChI is InChI=1S/C21H27N3O5S/c1-12(2)19(20(26)23-15-6-8-16(9-7-15)30(22,28)29)24-18(25)11-17(21(24)27)14-5-4-13(3)10-14/h4-9,12-14,17,19H,10-11H2,1-3H3,(H,23,26)(H2,22,28,29)/t13-,14-,17-,19-/m0/s1. The van der Waals surface area contributed by atoms with E-state index in [1.807, 2.05) is 6.08 Å². The Kier molecular flexibility index (Phi) is 6.14. The molecule has 2 aliphatic rings. The largest absolute Gasteiger partial charge is 0.324 e. The van der Waals surface area contributed by atoms with E-state index >= 15 is 0 Å². The van der Waals surface area contributed by atoms with Crippen molar-refractivity contribution in [2.24, 2.45) is 28.8 Å². The van der Waals surface area contributed by atoms with Crippen LogP contribution in [0.15, 0.2) is 41.3 Å². The number of primary sulfonamides is 1. The van der Waals surface area contributed by atoms with E-state index in [2.05, 4.69) is 18.3 Å². The predicted octanol–water partition coefficient (Wildman–Crippen LogP) is 1.88. The smallest absolute Gasteiger partial charge is 0.247 e. The molecule has 0 saturated carbocycles. The Morgan fingerprint density at radius 1 is 1.17 bits per heavy atom. The minimum Gasteiger partial charge on any atom is -0.324 e. The summed E-state index contributed by atoms with van der Waals surface area (Å²) in [5, 5.41) is 7.76. The molecule has 1 heterocycles. The number of carbonyl (C=O) groups excluding carboxylic acids is 3. The molecule has 0 unspecified atom stereocenters. The molecule has 9 heteroatoms. The summed E-state index contributed by atoms with van der Waals surface area (Å²) in [5.74, 6) is -1.47. The zero-order valence-electron chi connectivity index (χ0n) is 17.2. The molecule has 1 aromatic carbocycles. The number of likely N-dealkylation sites (tertiary alicyclic amines) is 1. The van der Waals surface area contributed by atoms with E-state index in [0.717, 1.165) is 11.3 Å². The SMILES string of the molecule is CC(C)[C@@H](C(=O)Nc1ccc(S(N)(=O)=O)cc1)N1C(=O)C[C@@H]([C@H]2C=C[C@H](C)C2)C1=O. The fraction of sp³-hybridized carbons (Fsp3) is 0.476. The second-order valence-corrected chi connectivity index (χ2v) is 9.98. The summed E-state index contributed by atoms with van der Waals surface area (Å²) >= 11 is 0. The van der Waals surface area contributed by atoms with Crippen molar-refractivity contribution in [1.82, 2.24) is 4.90 Å². The van der Waals surface area contributed by atoms with Gasteiger partial charge in [-0.3, -0.25) is 19.3 Å². The number of amides is 3. The number of nitrogens with two attached hydrogens (primary N) is 1. The van der Waals surface area contributed by atoms with Crippen molar-refractivity contribution < 1.29 is 22.8 Å². The lowest BCUT2D eigenvalue weighted by Crippen LogP contribution is -2.50. The number of hydrogen-bond donors (Lipinski definition) is 2. The molecule has 1 aliphatic carbocycles. The monoisotopic (exact) mass is 433 g/mol. The summed E-state index contributed by atoms with van der Waals surface area (Å²) in [6, 6.07) is 4.44. The third kappa shape index (κ3) is 4.46. The number of nitrogens with zero attached hydrogens (tertiary/aromatic N) is 1. The van der Waals surface area contributed by atoms with Crippen LogP contribution in [-0.2, 0) is 24.4 Å². The quantitative estimate of drug-likeness (QED) is 0.523. The maximum atomic E-state index is 13.1. The summed E-state index contributed by atoms with van der Waals surface area (Å²) in [5.41, 5.74) is 0.348. The zero-order chi connectivity index (χ0) is 22.2. The number of anilines is 1. The first-order chi connectivity index (χ1) is 14.0. The molecule has 1 aliphatic heterocycles. The summed E-state index contributed by atoms with van der Waals surface area (Å²) in [4.78, 5) is 39.8. The van der Waals surface area contributed by atoms with Crippen molar-refractivity contribution >= 4 is 33.4 Å². The second-order valence-electron chi connectivity index (χ2n) is 8.42. The normalized spacial score (nSPS) is 25.2.